The van der Waals surface area contributed by atoms with Crippen molar-refractivity contribution in [1.29, 1.82) is 0 Å². The average molecular weight is 606 g/mol. The van der Waals surface area contributed by atoms with Crippen LogP contribution >= 0.6 is 19.2 Å². The molecule has 2 aliphatic heterocycles. The maximum absolute atomic E-state index is 13.8. The molecule has 5 atom stereocenters. The summed E-state index contributed by atoms with van der Waals surface area (Å²) in [6.45, 7) is 12.3. The van der Waals surface area contributed by atoms with Crippen molar-refractivity contribution in [3.8, 4) is 0 Å². The third-order valence-electron chi connectivity index (χ3n) is 6.44. The molecule has 0 saturated carbocycles. The topological polar surface area (TPSA) is 154 Å². The molecule has 40 heavy (non-hydrogen) atoms. The van der Waals surface area contributed by atoms with Crippen molar-refractivity contribution in [2.24, 2.45) is 0 Å². The van der Waals surface area contributed by atoms with Crippen LogP contribution in [0, 0.1) is 0 Å². The molecule has 2 saturated heterocycles. The van der Waals surface area contributed by atoms with Gasteiger partial charge in [-0.1, -0.05) is 0 Å². The zero-order valence-corrected chi connectivity index (χ0v) is 25.4. The molecular weight excluding hydrogens is 569 g/mol. The van der Waals surface area contributed by atoms with Gasteiger partial charge in [-0.3, -0.25) is 9.13 Å². The number of aromatic nitrogens is 4. The Bertz CT molecular complexity index is 1250. The van der Waals surface area contributed by atoms with Gasteiger partial charge in [-0.2, -0.15) is 9.97 Å². The van der Waals surface area contributed by atoms with E-state index in [0.29, 0.717) is 23.5 Å². The van der Waals surface area contributed by atoms with Crippen molar-refractivity contribution in [3.63, 3.8) is 0 Å². The molecule has 16 heteroatoms. The first-order chi connectivity index (χ1) is 18.9. The third kappa shape index (κ3) is 5.73. The van der Waals surface area contributed by atoms with Crippen LogP contribution in [0.5, 0.6) is 0 Å². The predicted molar refractivity (Wildman–Crippen MR) is 144 cm³/mol. The summed E-state index contributed by atoms with van der Waals surface area (Å²) in [6.07, 6.45) is -1.16. The lowest BCUT2D eigenvalue weighted by Gasteiger charge is -2.34. The smallest absolute Gasteiger partial charge is 0.373 e. The van der Waals surface area contributed by atoms with Crippen molar-refractivity contribution >= 4 is 42.1 Å². The SMILES string of the molecule is CCNc1nc(Cl)nc2c1ncn2[C@@H]1O[C@H](CO[C@@](C)(C(=O)OCC)P(=O)(OCC)OCC)[C@H]2OC(C)(C)O[C@H]21. The van der Waals surface area contributed by atoms with Crippen molar-refractivity contribution in [2.45, 2.75) is 84.1 Å². The Kier molecular flexibility index (Phi) is 9.42. The van der Waals surface area contributed by atoms with Gasteiger partial charge in [0.1, 0.15) is 18.3 Å². The van der Waals surface area contributed by atoms with Gasteiger partial charge in [0.05, 0.1) is 32.8 Å². The molecule has 14 nitrogen and oxygen atoms in total. The summed E-state index contributed by atoms with van der Waals surface area (Å²) in [5.74, 6) is -1.33. The number of hydrogen-bond donors (Lipinski definition) is 1. The van der Waals surface area contributed by atoms with E-state index in [4.69, 9.17) is 44.3 Å². The first-order valence-corrected chi connectivity index (χ1v) is 15.2. The molecule has 0 spiro atoms. The van der Waals surface area contributed by atoms with Crippen LogP contribution in [-0.2, 0) is 42.1 Å². The summed E-state index contributed by atoms with van der Waals surface area (Å²) in [5.41, 5.74) is 0.941. The molecule has 4 rings (SSSR count). The maximum Gasteiger partial charge on any atom is 0.373 e. The number of ether oxygens (including phenoxy) is 5. The Morgan fingerprint density at radius 2 is 1.82 bits per heavy atom. The second-order valence-corrected chi connectivity index (χ2v) is 12.4. The molecule has 2 aromatic rings. The fourth-order valence-electron chi connectivity index (χ4n) is 4.77. The molecule has 2 aliphatic rings. The first kappa shape index (κ1) is 31.0. The van der Waals surface area contributed by atoms with Gasteiger partial charge in [-0.05, 0) is 60.1 Å². The van der Waals surface area contributed by atoms with E-state index in [0.717, 1.165) is 0 Å². The van der Waals surface area contributed by atoms with E-state index in [1.165, 1.54) is 6.92 Å². The van der Waals surface area contributed by atoms with Crippen molar-refractivity contribution in [1.82, 2.24) is 19.5 Å². The number of imidazole rings is 1. The summed E-state index contributed by atoms with van der Waals surface area (Å²) < 4.78 is 56.5. The number of rotatable bonds is 13. The number of anilines is 1. The fourth-order valence-corrected chi connectivity index (χ4v) is 6.70. The number of carbonyl (C=O) groups excluding carboxylic acids is 1. The molecule has 0 amide bonds. The number of esters is 1. The Labute approximate surface area is 237 Å². The average Bonchev–Trinajstić information content (AvgIpc) is 3.53. The van der Waals surface area contributed by atoms with Gasteiger partial charge in [0.15, 0.2) is 29.0 Å². The lowest BCUT2D eigenvalue weighted by atomic mass is 10.1. The van der Waals surface area contributed by atoms with E-state index in [1.807, 2.05) is 6.92 Å². The Morgan fingerprint density at radius 3 is 2.45 bits per heavy atom. The molecule has 0 radical (unpaired) electrons. The summed E-state index contributed by atoms with van der Waals surface area (Å²) in [5, 5.41) is 1.11. The number of carbonyl (C=O) groups is 1. The van der Waals surface area contributed by atoms with Crippen molar-refractivity contribution in [3.05, 3.63) is 11.6 Å². The van der Waals surface area contributed by atoms with Gasteiger partial charge in [0.2, 0.25) is 5.28 Å². The molecule has 0 unspecified atom stereocenters. The molecule has 4 heterocycles. The van der Waals surface area contributed by atoms with Crippen LogP contribution in [0.1, 0.15) is 54.7 Å². The minimum atomic E-state index is -4.13. The summed E-state index contributed by atoms with van der Waals surface area (Å²) in [4.78, 5) is 26.2. The van der Waals surface area contributed by atoms with Crippen molar-refractivity contribution in [2.75, 3.05) is 38.3 Å². The molecule has 1 N–H and O–H groups in total. The van der Waals surface area contributed by atoms with Crippen LogP contribution in [-0.4, -0.2) is 87.9 Å². The maximum atomic E-state index is 13.8. The van der Waals surface area contributed by atoms with Crippen LogP contribution in [0.15, 0.2) is 6.33 Å². The molecule has 0 bridgehead atoms. The number of hydrogen-bond acceptors (Lipinski definition) is 13. The number of nitrogens with one attached hydrogen (secondary N) is 1. The van der Waals surface area contributed by atoms with Gasteiger partial charge in [-0.25, -0.2) is 9.78 Å². The van der Waals surface area contributed by atoms with Gasteiger partial charge in [0.25, 0.3) is 5.34 Å². The lowest BCUT2D eigenvalue weighted by Crippen LogP contribution is -2.44. The highest BCUT2D eigenvalue weighted by molar-refractivity contribution is 7.56. The summed E-state index contributed by atoms with van der Waals surface area (Å²) in [6, 6.07) is 0. The third-order valence-corrected chi connectivity index (χ3v) is 9.16. The molecule has 0 aromatic carbocycles. The second-order valence-electron chi connectivity index (χ2n) is 9.67. The van der Waals surface area contributed by atoms with Gasteiger partial charge < -0.3 is 38.0 Å². The zero-order valence-electron chi connectivity index (χ0n) is 23.7. The Morgan fingerprint density at radius 1 is 1.15 bits per heavy atom. The number of halogens is 1. The van der Waals surface area contributed by atoms with Gasteiger partial charge in [-0.15, -0.1) is 0 Å². The van der Waals surface area contributed by atoms with Crippen LogP contribution in [0.4, 0.5) is 5.82 Å². The van der Waals surface area contributed by atoms with Gasteiger partial charge >= 0.3 is 13.6 Å². The van der Waals surface area contributed by atoms with E-state index < -0.39 is 49.2 Å². The second kappa shape index (κ2) is 12.1. The standard InChI is InChI=1S/C24H37ClN5O9P/c1-8-26-18-15-19(29-22(25)28-18)30(13-27-15)20-17-16(38-23(5,6)39-17)14(37-20)12-34-24(7,21(31)33-9-2)40(32,35-10-3)36-11-4/h13-14,16-17,20H,8-12H2,1-7H3,(H,26,28,29)/t14-,16-,17-,20-,24-/m1/s1. The Balaban J connectivity index is 1.67. The largest absolute Gasteiger partial charge is 0.463 e. The minimum absolute atomic E-state index is 0.0282. The van der Waals surface area contributed by atoms with E-state index in [9.17, 15) is 9.36 Å². The van der Waals surface area contributed by atoms with Crippen LogP contribution < -0.4 is 5.32 Å². The first-order valence-electron chi connectivity index (χ1n) is 13.3. The summed E-state index contributed by atoms with van der Waals surface area (Å²) >= 11 is 6.22. The van der Waals surface area contributed by atoms with E-state index >= 15 is 0 Å². The van der Waals surface area contributed by atoms with E-state index in [1.54, 1.807) is 45.5 Å². The highest BCUT2D eigenvalue weighted by atomic mass is 35.5. The minimum Gasteiger partial charge on any atom is -0.463 e. The fraction of sp³-hybridized carbons (Fsp3) is 0.750. The zero-order chi connectivity index (χ0) is 29.3. The molecule has 224 valence electrons. The van der Waals surface area contributed by atoms with Crippen LogP contribution in [0.3, 0.4) is 0 Å². The highest BCUT2D eigenvalue weighted by Crippen LogP contribution is 2.61. The van der Waals surface area contributed by atoms with E-state index in [2.05, 4.69) is 20.3 Å². The molecule has 2 fully saturated rings. The number of nitrogens with zero attached hydrogens (tertiary/aromatic N) is 4. The number of fused-ring (bicyclic) bond motifs is 2. The van der Waals surface area contributed by atoms with E-state index in [-0.39, 0.29) is 31.7 Å². The highest BCUT2D eigenvalue weighted by Gasteiger charge is 2.60. The molecular formula is C24H37ClN5O9P. The van der Waals surface area contributed by atoms with Crippen LogP contribution in [0.2, 0.25) is 5.28 Å². The quantitative estimate of drug-likeness (QED) is 0.199. The predicted octanol–water partition coefficient (Wildman–Crippen LogP) is 3.89. The molecule has 2 aromatic heterocycles. The molecule has 0 aliphatic carbocycles. The lowest BCUT2D eigenvalue weighted by molar-refractivity contribution is -0.206. The monoisotopic (exact) mass is 605 g/mol. The summed E-state index contributed by atoms with van der Waals surface area (Å²) in [7, 11) is -4.13. The Hall–Kier alpha value is -1.90. The van der Waals surface area contributed by atoms with Gasteiger partial charge in [0, 0.05) is 6.54 Å². The van der Waals surface area contributed by atoms with Crippen molar-refractivity contribution < 1.29 is 42.1 Å². The normalized spacial score (nSPS) is 25.6. The van der Waals surface area contributed by atoms with Crippen LogP contribution in [0.25, 0.3) is 11.2 Å².